The third kappa shape index (κ3) is 3.40. The topological polar surface area (TPSA) is 37.4 Å². The second kappa shape index (κ2) is 9.33. The summed E-state index contributed by atoms with van der Waals surface area (Å²) >= 11 is 3.43. The number of thiophene rings is 2. The van der Waals surface area contributed by atoms with Crippen molar-refractivity contribution in [2.24, 2.45) is 0 Å². The van der Waals surface area contributed by atoms with Crippen LogP contribution in [-0.4, -0.2) is 11.6 Å². The van der Waals surface area contributed by atoms with Crippen LogP contribution in [0.1, 0.15) is 64.5 Å². The van der Waals surface area contributed by atoms with Crippen molar-refractivity contribution in [1.82, 2.24) is 0 Å². The first-order valence-corrected chi connectivity index (χ1v) is 16.8. The maximum absolute atomic E-state index is 13.5. The normalized spacial score (nSPS) is 15.2. The second-order valence-electron chi connectivity index (χ2n) is 12.2. The molecule has 0 unspecified atom stereocenters. The van der Waals surface area contributed by atoms with Crippen LogP contribution in [0.25, 0.3) is 17.2 Å². The molecule has 2 aliphatic carbocycles. The summed E-state index contributed by atoms with van der Waals surface area (Å²) in [5, 5.41) is 4.54. The number of hydrogen-bond donors (Lipinski definition) is 0. The minimum absolute atomic E-state index is 0.200. The number of carbonyl (C=O) groups excluding carboxylic acids is 2. The average molecular weight is 618 g/mol. The molecule has 0 atom stereocenters. The molecule has 0 saturated carbocycles. The van der Waals surface area contributed by atoms with E-state index < -0.39 is 5.41 Å². The van der Waals surface area contributed by atoms with Crippen LogP contribution < -0.4 is 4.90 Å². The molecule has 0 fully saturated rings. The Kier molecular flexibility index (Phi) is 5.51. The van der Waals surface area contributed by atoms with E-state index in [1.807, 2.05) is 18.2 Å². The van der Waals surface area contributed by atoms with Gasteiger partial charge in [0.05, 0.1) is 16.7 Å². The van der Waals surface area contributed by atoms with Crippen LogP contribution >= 0.6 is 22.7 Å². The summed E-state index contributed by atoms with van der Waals surface area (Å²) in [6, 6.07) is 33.7. The lowest BCUT2D eigenvalue weighted by atomic mass is 9.67. The molecule has 3 nitrogen and oxygen atoms in total. The molecule has 1 spiro atoms. The van der Waals surface area contributed by atoms with Gasteiger partial charge < -0.3 is 0 Å². The first-order chi connectivity index (χ1) is 21.9. The number of nitrogens with zero attached hydrogens (tertiary/aromatic N) is 1. The number of rotatable bonds is 2. The molecule has 0 N–H and O–H groups in total. The predicted octanol–water partition coefficient (Wildman–Crippen LogP) is 10.3. The molecule has 2 aromatic heterocycles. The number of ketones is 2. The third-order valence-electron chi connectivity index (χ3n) is 9.59. The lowest BCUT2D eigenvalue weighted by Gasteiger charge is -2.42. The number of benzene rings is 4. The minimum Gasteiger partial charge on any atom is -0.292 e. The second-order valence-corrected chi connectivity index (χ2v) is 14.1. The Morgan fingerprint density at radius 3 is 1.78 bits per heavy atom. The van der Waals surface area contributed by atoms with Crippen molar-refractivity contribution in [3.8, 4) is 11.1 Å². The third-order valence-corrected chi connectivity index (χ3v) is 11.6. The molecule has 0 saturated heterocycles. The van der Waals surface area contributed by atoms with Gasteiger partial charge in [-0.2, -0.15) is 0 Å². The van der Waals surface area contributed by atoms with Crippen LogP contribution in [0.5, 0.6) is 0 Å². The van der Waals surface area contributed by atoms with Crippen molar-refractivity contribution >= 4 is 56.0 Å². The monoisotopic (exact) mass is 617 g/mol. The molecule has 9 rings (SSSR count). The number of anilines is 3. The highest BCUT2D eigenvalue weighted by Gasteiger charge is 2.53. The molecule has 6 aromatic rings. The Labute approximate surface area is 269 Å². The predicted molar refractivity (Wildman–Crippen MR) is 185 cm³/mol. The van der Waals surface area contributed by atoms with Crippen molar-refractivity contribution < 1.29 is 9.59 Å². The average Bonchev–Trinajstić information content (AvgIpc) is 3.80. The SMILES string of the molecule is Cc1cc(C)c(N2c3sccc3C3(c4ccccc4-c4ccccc43)c3cc(C=C4C(=O)c5ccccc5C4=O)sc32)c(C)c1. The summed E-state index contributed by atoms with van der Waals surface area (Å²) in [6.07, 6.45) is 1.83. The standard InChI is InChI=1S/C40H27NO2S2/c1-22-18-23(2)35(24(3)19-22)41-38-33(16-17-44-38)40(31-14-8-6-10-26(31)27-11-7-9-15-32(27)40)34-21-25(45-39(34)41)20-30-36(42)28-12-4-5-13-29(28)37(30)43/h4-21H,1-3H3. The molecule has 0 radical (unpaired) electrons. The highest BCUT2D eigenvalue weighted by Crippen LogP contribution is 2.66. The van der Waals surface area contributed by atoms with E-state index in [0.29, 0.717) is 11.1 Å². The lowest BCUT2D eigenvalue weighted by molar-refractivity contribution is 0.0990. The van der Waals surface area contributed by atoms with Gasteiger partial charge in [0.25, 0.3) is 0 Å². The summed E-state index contributed by atoms with van der Waals surface area (Å²) in [6.45, 7) is 6.53. The van der Waals surface area contributed by atoms with Gasteiger partial charge in [0.2, 0.25) is 0 Å². The van der Waals surface area contributed by atoms with E-state index >= 15 is 0 Å². The smallest absolute Gasteiger partial charge is 0.197 e. The van der Waals surface area contributed by atoms with E-state index in [1.54, 1.807) is 34.8 Å². The minimum atomic E-state index is -0.527. The van der Waals surface area contributed by atoms with E-state index in [9.17, 15) is 9.59 Å². The molecular formula is C40H27NO2S2. The fourth-order valence-electron chi connectivity index (χ4n) is 7.99. The first-order valence-electron chi connectivity index (χ1n) is 15.1. The van der Waals surface area contributed by atoms with Gasteiger partial charge in [-0.15, -0.1) is 22.7 Å². The van der Waals surface area contributed by atoms with Gasteiger partial charge in [-0.3, -0.25) is 14.5 Å². The fraction of sp³-hybridized carbons (Fsp3) is 0.100. The number of carbonyl (C=O) groups is 2. The summed E-state index contributed by atoms with van der Waals surface area (Å²) in [5.41, 5.74) is 13.0. The summed E-state index contributed by atoms with van der Waals surface area (Å²) in [5.74, 6) is -0.399. The van der Waals surface area contributed by atoms with Gasteiger partial charge in [-0.1, -0.05) is 90.5 Å². The van der Waals surface area contributed by atoms with Crippen LogP contribution in [0.15, 0.2) is 108 Å². The number of Topliss-reactive ketones (excluding diaryl/α,β-unsaturated/α-hetero) is 2. The molecule has 1 aliphatic heterocycles. The van der Waals surface area contributed by atoms with Crippen molar-refractivity contribution in [3.63, 3.8) is 0 Å². The van der Waals surface area contributed by atoms with Crippen molar-refractivity contribution in [2.75, 3.05) is 4.90 Å². The summed E-state index contributed by atoms with van der Waals surface area (Å²) in [4.78, 5) is 30.3. The zero-order valence-corrected chi connectivity index (χ0v) is 26.6. The first kappa shape index (κ1) is 26.6. The number of hydrogen-bond acceptors (Lipinski definition) is 5. The molecule has 3 heterocycles. The lowest BCUT2D eigenvalue weighted by Crippen LogP contribution is -2.34. The van der Waals surface area contributed by atoms with E-state index in [-0.39, 0.29) is 17.1 Å². The summed E-state index contributed by atoms with van der Waals surface area (Å²) in [7, 11) is 0. The molecule has 0 bridgehead atoms. The van der Waals surface area contributed by atoms with Crippen molar-refractivity contribution in [3.05, 3.63) is 163 Å². The number of aryl methyl sites for hydroxylation is 3. The highest BCUT2D eigenvalue weighted by molar-refractivity contribution is 7.19. The van der Waals surface area contributed by atoms with Crippen LogP contribution in [0.3, 0.4) is 0 Å². The van der Waals surface area contributed by atoms with E-state index in [2.05, 4.69) is 104 Å². The van der Waals surface area contributed by atoms with Crippen LogP contribution in [0.2, 0.25) is 0 Å². The Bertz CT molecular complexity index is 2210. The molecule has 3 aliphatic rings. The van der Waals surface area contributed by atoms with Gasteiger partial charge in [-0.05, 0) is 77.7 Å². The highest BCUT2D eigenvalue weighted by atomic mass is 32.1. The maximum Gasteiger partial charge on any atom is 0.197 e. The molecule has 216 valence electrons. The Morgan fingerprint density at radius 1 is 0.622 bits per heavy atom. The van der Waals surface area contributed by atoms with Crippen LogP contribution in [-0.2, 0) is 5.41 Å². The fourth-order valence-corrected chi connectivity index (χ4v) is 10.2. The van der Waals surface area contributed by atoms with Crippen molar-refractivity contribution in [1.29, 1.82) is 0 Å². The van der Waals surface area contributed by atoms with E-state index in [1.165, 1.54) is 60.8 Å². The molecular weight excluding hydrogens is 591 g/mol. The van der Waals surface area contributed by atoms with Gasteiger partial charge in [-0.25, -0.2) is 0 Å². The van der Waals surface area contributed by atoms with Crippen LogP contribution in [0.4, 0.5) is 15.7 Å². The quantitative estimate of drug-likeness (QED) is 0.143. The molecule has 5 heteroatoms. The zero-order valence-electron chi connectivity index (χ0n) is 25.0. The Balaban J connectivity index is 1.37. The van der Waals surface area contributed by atoms with Gasteiger partial charge in [0.15, 0.2) is 11.6 Å². The Morgan fingerprint density at radius 2 is 1.18 bits per heavy atom. The van der Waals surface area contributed by atoms with E-state index in [0.717, 1.165) is 9.88 Å². The number of allylic oxidation sites excluding steroid dienone is 1. The molecule has 0 amide bonds. The largest absolute Gasteiger partial charge is 0.292 e. The van der Waals surface area contributed by atoms with Crippen molar-refractivity contribution in [2.45, 2.75) is 26.2 Å². The van der Waals surface area contributed by atoms with E-state index in [4.69, 9.17) is 0 Å². The maximum atomic E-state index is 13.5. The van der Waals surface area contributed by atoms with Crippen LogP contribution in [0, 0.1) is 20.8 Å². The van der Waals surface area contributed by atoms with Gasteiger partial charge >= 0.3 is 0 Å². The summed E-state index contributed by atoms with van der Waals surface area (Å²) < 4.78 is 0. The van der Waals surface area contributed by atoms with Gasteiger partial charge in [0, 0.05) is 27.1 Å². The Hall–Kier alpha value is -4.84. The van der Waals surface area contributed by atoms with Gasteiger partial charge in [0.1, 0.15) is 10.0 Å². The number of fused-ring (bicyclic) bond motifs is 10. The zero-order chi connectivity index (χ0) is 30.6. The molecule has 45 heavy (non-hydrogen) atoms. The molecule has 4 aromatic carbocycles.